The second-order valence-electron chi connectivity index (χ2n) is 5.54. The average Bonchev–Trinajstić information content (AvgIpc) is 2.81. The van der Waals surface area contributed by atoms with Crippen LogP contribution in [0.2, 0.25) is 0 Å². The zero-order valence-corrected chi connectivity index (χ0v) is 12.6. The summed E-state index contributed by atoms with van der Waals surface area (Å²) in [6.07, 6.45) is 2.26. The molecule has 0 radical (unpaired) electrons. The maximum Gasteiger partial charge on any atom is 0.212 e. The summed E-state index contributed by atoms with van der Waals surface area (Å²) in [6.45, 7) is 6.08. The van der Waals surface area contributed by atoms with E-state index >= 15 is 0 Å². The standard InChI is InChI=1S/C12H26N4O2S/c1-15-6-2-3-12(15)11-14-19(17,18)10-9-16-7-4-13-5-8-16/h12-14H,2-11H2,1H3. The molecule has 112 valence electrons. The smallest absolute Gasteiger partial charge is 0.212 e. The molecule has 1 unspecified atom stereocenters. The molecular formula is C12H26N4O2S. The summed E-state index contributed by atoms with van der Waals surface area (Å²) in [5.41, 5.74) is 0. The van der Waals surface area contributed by atoms with Gasteiger partial charge in [-0.05, 0) is 26.4 Å². The molecule has 2 fully saturated rings. The van der Waals surface area contributed by atoms with Crippen LogP contribution >= 0.6 is 0 Å². The second-order valence-corrected chi connectivity index (χ2v) is 7.46. The van der Waals surface area contributed by atoms with Gasteiger partial charge in [-0.1, -0.05) is 0 Å². The lowest BCUT2D eigenvalue weighted by molar-refractivity contribution is 0.253. The predicted molar refractivity (Wildman–Crippen MR) is 76.8 cm³/mol. The van der Waals surface area contributed by atoms with E-state index in [1.165, 1.54) is 6.42 Å². The van der Waals surface area contributed by atoms with Gasteiger partial charge in [0.1, 0.15) is 0 Å². The third-order valence-electron chi connectivity index (χ3n) is 4.10. The number of sulfonamides is 1. The van der Waals surface area contributed by atoms with Gasteiger partial charge in [-0.2, -0.15) is 0 Å². The van der Waals surface area contributed by atoms with Crippen molar-refractivity contribution < 1.29 is 8.42 Å². The first kappa shape index (κ1) is 15.2. The minimum atomic E-state index is -3.13. The van der Waals surface area contributed by atoms with Crippen molar-refractivity contribution in [3.63, 3.8) is 0 Å². The van der Waals surface area contributed by atoms with Crippen molar-refractivity contribution in [3.8, 4) is 0 Å². The molecule has 0 saturated carbocycles. The van der Waals surface area contributed by atoms with Gasteiger partial charge < -0.3 is 10.2 Å². The lowest BCUT2D eigenvalue weighted by Gasteiger charge is -2.27. The van der Waals surface area contributed by atoms with E-state index in [0.717, 1.165) is 39.1 Å². The van der Waals surface area contributed by atoms with Crippen molar-refractivity contribution in [2.75, 3.05) is 58.6 Å². The highest BCUT2D eigenvalue weighted by molar-refractivity contribution is 7.89. The normalized spacial score (nSPS) is 26.9. The van der Waals surface area contributed by atoms with E-state index in [1.807, 2.05) is 0 Å². The third-order valence-corrected chi connectivity index (χ3v) is 5.42. The van der Waals surface area contributed by atoms with Crippen molar-refractivity contribution in [2.24, 2.45) is 0 Å². The summed E-state index contributed by atoms with van der Waals surface area (Å²) in [5, 5.41) is 3.27. The van der Waals surface area contributed by atoms with Crippen LogP contribution < -0.4 is 10.0 Å². The second kappa shape index (κ2) is 6.99. The van der Waals surface area contributed by atoms with E-state index in [4.69, 9.17) is 0 Å². The van der Waals surface area contributed by atoms with Gasteiger partial charge in [0.15, 0.2) is 0 Å². The number of piperazine rings is 1. The Hall–Kier alpha value is -0.210. The van der Waals surface area contributed by atoms with Gasteiger partial charge in [0, 0.05) is 45.3 Å². The van der Waals surface area contributed by atoms with Crippen LogP contribution in [0.1, 0.15) is 12.8 Å². The Morgan fingerprint density at radius 1 is 1.26 bits per heavy atom. The first-order chi connectivity index (χ1) is 9.07. The highest BCUT2D eigenvalue weighted by Gasteiger charge is 2.23. The van der Waals surface area contributed by atoms with Crippen LogP contribution in [0.15, 0.2) is 0 Å². The van der Waals surface area contributed by atoms with Crippen LogP contribution in [0.4, 0.5) is 0 Å². The fourth-order valence-electron chi connectivity index (χ4n) is 2.72. The molecule has 2 rings (SSSR count). The number of nitrogens with one attached hydrogen (secondary N) is 2. The summed E-state index contributed by atoms with van der Waals surface area (Å²) in [6, 6.07) is 0.369. The number of likely N-dealkylation sites (tertiary alicyclic amines) is 1. The van der Waals surface area contributed by atoms with Crippen molar-refractivity contribution in [1.82, 2.24) is 19.8 Å². The van der Waals surface area contributed by atoms with E-state index in [-0.39, 0.29) is 5.75 Å². The molecule has 0 amide bonds. The minimum Gasteiger partial charge on any atom is -0.314 e. The summed E-state index contributed by atoms with van der Waals surface area (Å²) in [7, 11) is -1.07. The first-order valence-electron chi connectivity index (χ1n) is 7.17. The maximum atomic E-state index is 12.0. The monoisotopic (exact) mass is 290 g/mol. The molecule has 7 heteroatoms. The number of rotatable bonds is 6. The highest BCUT2D eigenvalue weighted by Crippen LogP contribution is 2.13. The molecule has 0 aromatic heterocycles. The van der Waals surface area contributed by atoms with E-state index < -0.39 is 10.0 Å². The van der Waals surface area contributed by atoms with E-state index in [9.17, 15) is 8.42 Å². The van der Waals surface area contributed by atoms with Crippen molar-refractivity contribution >= 4 is 10.0 Å². The molecule has 0 aliphatic carbocycles. The number of nitrogens with zero attached hydrogens (tertiary/aromatic N) is 2. The molecule has 1 atom stereocenters. The summed E-state index contributed by atoms with van der Waals surface area (Å²) in [4.78, 5) is 4.44. The van der Waals surface area contributed by atoms with Crippen LogP contribution in [0.3, 0.4) is 0 Å². The zero-order chi connectivity index (χ0) is 13.7. The van der Waals surface area contributed by atoms with Gasteiger partial charge in [0.25, 0.3) is 0 Å². The molecule has 0 aromatic rings. The Morgan fingerprint density at radius 3 is 2.63 bits per heavy atom. The molecule has 0 aromatic carbocycles. The lowest BCUT2D eigenvalue weighted by atomic mass is 10.2. The molecule has 2 N–H and O–H groups in total. The quantitative estimate of drug-likeness (QED) is 0.650. The summed E-state index contributed by atoms with van der Waals surface area (Å²) < 4.78 is 26.7. The molecule has 0 bridgehead atoms. The van der Waals surface area contributed by atoms with Crippen LogP contribution in [-0.2, 0) is 10.0 Å². The van der Waals surface area contributed by atoms with Gasteiger partial charge in [0.05, 0.1) is 5.75 Å². The van der Waals surface area contributed by atoms with Crippen molar-refractivity contribution in [2.45, 2.75) is 18.9 Å². The van der Waals surface area contributed by atoms with Gasteiger partial charge in [-0.15, -0.1) is 0 Å². The Labute approximate surface area is 116 Å². The molecule has 2 saturated heterocycles. The number of likely N-dealkylation sites (N-methyl/N-ethyl adjacent to an activating group) is 1. The van der Waals surface area contributed by atoms with Crippen LogP contribution in [0.25, 0.3) is 0 Å². The molecule has 6 nitrogen and oxygen atoms in total. The SMILES string of the molecule is CN1CCCC1CNS(=O)(=O)CCN1CCNCC1. The summed E-state index contributed by atoms with van der Waals surface area (Å²) in [5.74, 6) is 0.212. The predicted octanol–water partition coefficient (Wildman–Crippen LogP) is -1.09. The fraction of sp³-hybridized carbons (Fsp3) is 1.00. The molecule has 2 heterocycles. The Balaban J connectivity index is 1.69. The Bertz CT molecular complexity index is 368. The highest BCUT2D eigenvalue weighted by atomic mass is 32.2. The molecule has 0 spiro atoms. The molecule has 19 heavy (non-hydrogen) atoms. The van der Waals surface area contributed by atoms with E-state index in [2.05, 4.69) is 26.9 Å². The Kier molecular flexibility index (Phi) is 5.58. The lowest BCUT2D eigenvalue weighted by Crippen LogP contribution is -2.46. The minimum absolute atomic E-state index is 0.212. The van der Waals surface area contributed by atoms with E-state index in [1.54, 1.807) is 0 Å². The third kappa shape index (κ3) is 5.00. The van der Waals surface area contributed by atoms with Gasteiger partial charge in [-0.25, -0.2) is 13.1 Å². The average molecular weight is 290 g/mol. The van der Waals surface area contributed by atoms with Gasteiger partial charge >= 0.3 is 0 Å². The molecule has 2 aliphatic rings. The zero-order valence-electron chi connectivity index (χ0n) is 11.8. The van der Waals surface area contributed by atoms with Crippen LogP contribution in [-0.4, -0.2) is 82.9 Å². The van der Waals surface area contributed by atoms with E-state index in [0.29, 0.717) is 19.1 Å². The molecule has 2 aliphatic heterocycles. The largest absolute Gasteiger partial charge is 0.314 e. The van der Waals surface area contributed by atoms with Crippen molar-refractivity contribution in [3.05, 3.63) is 0 Å². The van der Waals surface area contributed by atoms with Gasteiger partial charge in [-0.3, -0.25) is 4.90 Å². The van der Waals surface area contributed by atoms with Crippen LogP contribution in [0.5, 0.6) is 0 Å². The number of hydrogen-bond donors (Lipinski definition) is 2. The molecular weight excluding hydrogens is 264 g/mol. The topological polar surface area (TPSA) is 64.7 Å². The van der Waals surface area contributed by atoms with Crippen molar-refractivity contribution in [1.29, 1.82) is 0 Å². The van der Waals surface area contributed by atoms with Gasteiger partial charge in [0.2, 0.25) is 10.0 Å². The maximum absolute atomic E-state index is 12.0. The Morgan fingerprint density at radius 2 is 2.00 bits per heavy atom. The van der Waals surface area contributed by atoms with Crippen LogP contribution in [0, 0.1) is 0 Å². The first-order valence-corrected chi connectivity index (χ1v) is 8.83. The number of hydrogen-bond acceptors (Lipinski definition) is 5. The fourth-order valence-corrected chi connectivity index (χ4v) is 3.81. The summed E-state index contributed by atoms with van der Waals surface area (Å²) >= 11 is 0.